The molecule has 1 aliphatic rings. The van der Waals surface area contributed by atoms with Crippen LogP contribution in [0.5, 0.6) is 0 Å². The highest BCUT2D eigenvalue weighted by Crippen LogP contribution is 2.29. The van der Waals surface area contributed by atoms with E-state index in [-0.39, 0.29) is 12.6 Å². The third-order valence-electron chi connectivity index (χ3n) is 3.13. The molecular formula is C13H13FN4O3S. The van der Waals surface area contributed by atoms with E-state index in [4.69, 9.17) is 10.5 Å². The van der Waals surface area contributed by atoms with Crippen molar-refractivity contribution < 1.29 is 18.4 Å². The number of carbonyl (C=O) groups excluding carboxylic acids is 1. The van der Waals surface area contributed by atoms with Gasteiger partial charge in [-0.05, 0) is 18.2 Å². The third-order valence-corrected chi connectivity index (χ3v) is 4.17. The van der Waals surface area contributed by atoms with E-state index in [0.717, 1.165) is 0 Å². The lowest BCUT2D eigenvalue weighted by atomic mass is 10.2. The monoisotopic (exact) mass is 324 g/mol. The summed E-state index contributed by atoms with van der Waals surface area (Å²) in [6.07, 6.45) is 0.354. The van der Waals surface area contributed by atoms with Crippen molar-refractivity contribution in [2.75, 3.05) is 18.0 Å². The average molecular weight is 324 g/mol. The normalized spacial score (nSPS) is 17.8. The summed E-state index contributed by atoms with van der Waals surface area (Å²) in [6.45, 7) is 0.563. The van der Waals surface area contributed by atoms with E-state index < -0.39 is 11.9 Å². The van der Waals surface area contributed by atoms with Crippen LogP contribution in [0.2, 0.25) is 0 Å². The molecule has 0 aliphatic carbocycles. The van der Waals surface area contributed by atoms with Gasteiger partial charge < -0.3 is 15.0 Å². The fourth-order valence-electron chi connectivity index (χ4n) is 2.03. The van der Waals surface area contributed by atoms with Crippen LogP contribution in [0.1, 0.15) is 5.82 Å². The van der Waals surface area contributed by atoms with Gasteiger partial charge in [-0.1, -0.05) is 5.16 Å². The second-order valence-corrected chi connectivity index (χ2v) is 5.62. The number of ether oxygens (including phenoxy) is 1. The van der Waals surface area contributed by atoms with Gasteiger partial charge in [0.1, 0.15) is 11.9 Å². The molecule has 9 heteroatoms. The highest BCUT2D eigenvalue weighted by Gasteiger charge is 2.31. The molecule has 1 fully saturated rings. The van der Waals surface area contributed by atoms with Gasteiger partial charge in [0.25, 0.3) is 0 Å². The SMILES string of the molecule is NC[C@H]1CN(c2ccc(SCc3ncon3)c(F)c2)C(=O)O1. The number of benzene rings is 1. The molecule has 1 amide bonds. The molecule has 1 saturated heterocycles. The largest absolute Gasteiger partial charge is 0.443 e. The summed E-state index contributed by atoms with van der Waals surface area (Å²) < 4.78 is 23.8. The molecule has 2 aromatic rings. The number of halogens is 1. The maximum absolute atomic E-state index is 14.1. The lowest BCUT2D eigenvalue weighted by Gasteiger charge is -2.13. The Morgan fingerprint density at radius 3 is 3.00 bits per heavy atom. The van der Waals surface area contributed by atoms with Gasteiger partial charge in [-0.15, -0.1) is 11.8 Å². The lowest BCUT2D eigenvalue weighted by Crippen LogP contribution is -2.27. The van der Waals surface area contributed by atoms with Gasteiger partial charge in [-0.25, -0.2) is 9.18 Å². The molecule has 116 valence electrons. The molecule has 1 aromatic carbocycles. The fraction of sp³-hybridized carbons (Fsp3) is 0.308. The van der Waals surface area contributed by atoms with Crippen LogP contribution in [0, 0.1) is 5.82 Å². The van der Waals surface area contributed by atoms with Crippen LogP contribution in [0.15, 0.2) is 34.0 Å². The fourth-order valence-corrected chi connectivity index (χ4v) is 2.80. The maximum atomic E-state index is 14.1. The number of anilines is 1. The van der Waals surface area contributed by atoms with Gasteiger partial charge in [0.2, 0.25) is 6.39 Å². The van der Waals surface area contributed by atoms with Crippen molar-refractivity contribution in [2.24, 2.45) is 5.73 Å². The Morgan fingerprint density at radius 1 is 1.50 bits per heavy atom. The van der Waals surface area contributed by atoms with E-state index in [0.29, 0.717) is 28.7 Å². The number of thioether (sulfide) groups is 1. The Morgan fingerprint density at radius 2 is 2.36 bits per heavy atom. The lowest BCUT2D eigenvalue weighted by molar-refractivity contribution is 0.145. The maximum Gasteiger partial charge on any atom is 0.414 e. The third kappa shape index (κ3) is 3.04. The van der Waals surface area contributed by atoms with E-state index >= 15 is 0 Å². The molecule has 2 N–H and O–H groups in total. The number of carbonyl (C=O) groups is 1. The van der Waals surface area contributed by atoms with E-state index in [1.807, 2.05) is 0 Å². The molecule has 0 saturated carbocycles. The first-order valence-electron chi connectivity index (χ1n) is 6.53. The predicted octanol–water partition coefficient (Wildman–Crippen LogP) is 1.78. The van der Waals surface area contributed by atoms with Crippen molar-refractivity contribution in [2.45, 2.75) is 16.8 Å². The smallest absolute Gasteiger partial charge is 0.414 e. The van der Waals surface area contributed by atoms with E-state index in [9.17, 15) is 9.18 Å². The van der Waals surface area contributed by atoms with Crippen molar-refractivity contribution in [1.82, 2.24) is 10.1 Å². The number of amides is 1. The van der Waals surface area contributed by atoms with Crippen LogP contribution in [0.3, 0.4) is 0 Å². The van der Waals surface area contributed by atoms with E-state index in [1.165, 1.54) is 29.1 Å². The van der Waals surface area contributed by atoms with Gasteiger partial charge >= 0.3 is 6.09 Å². The zero-order valence-electron chi connectivity index (χ0n) is 11.4. The summed E-state index contributed by atoms with van der Waals surface area (Å²) in [7, 11) is 0. The van der Waals surface area contributed by atoms with Crippen LogP contribution < -0.4 is 10.6 Å². The molecular weight excluding hydrogens is 311 g/mol. The molecule has 1 atom stereocenters. The van der Waals surface area contributed by atoms with Crippen LogP contribution in [0.4, 0.5) is 14.9 Å². The quantitative estimate of drug-likeness (QED) is 0.838. The molecule has 0 unspecified atom stereocenters. The minimum atomic E-state index is -0.512. The zero-order chi connectivity index (χ0) is 15.5. The molecule has 2 heterocycles. The number of hydrogen-bond acceptors (Lipinski definition) is 7. The average Bonchev–Trinajstić information content (AvgIpc) is 3.15. The zero-order valence-corrected chi connectivity index (χ0v) is 12.3. The molecule has 22 heavy (non-hydrogen) atoms. The minimum absolute atomic E-state index is 0.239. The number of rotatable bonds is 5. The van der Waals surface area contributed by atoms with Crippen molar-refractivity contribution in [3.8, 4) is 0 Å². The first-order chi connectivity index (χ1) is 10.7. The van der Waals surface area contributed by atoms with Gasteiger partial charge in [0, 0.05) is 11.4 Å². The first kappa shape index (κ1) is 14.8. The topological polar surface area (TPSA) is 94.5 Å². The highest BCUT2D eigenvalue weighted by molar-refractivity contribution is 7.98. The minimum Gasteiger partial charge on any atom is -0.443 e. The standard InChI is InChI=1S/C13H13FN4O3S/c14-10-3-8(18-5-9(4-15)21-13(18)19)1-2-11(10)22-6-12-16-7-20-17-12/h1-3,7,9H,4-6,15H2/t9-/m0/s1. The van der Waals surface area contributed by atoms with Crippen LogP contribution in [-0.2, 0) is 10.5 Å². The summed E-state index contributed by atoms with van der Waals surface area (Å²) >= 11 is 1.25. The van der Waals surface area contributed by atoms with Gasteiger partial charge in [0.15, 0.2) is 5.82 Å². The van der Waals surface area contributed by atoms with Crippen LogP contribution in [0.25, 0.3) is 0 Å². The van der Waals surface area contributed by atoms with E-state index in [2.05, 4.69) is 14.7 Å². The molecule has 0 spiro atoms. The molecule has 0 radical (unpaired) electrons. The summed E-state index contributed by atoms with van der Waals surface area (Å²) in [5.41, 5.74) is 5.92. The Bertz CT molecular complexity index is 667. The molecule has 1 aromatic heterocycles. The second kappa shape index (κ2) is 6.32. The molecule has 1 aliphatic heterocycles. The van der Waals surface area contributed by atoms with Crippen molar-refractivity contribution in [3.05, 3.63) is 36.2 Å². The summed E-state index contributed by atoms with van der Waals surface area (Å²) in [4.78, 5) is 17.4. The van der Waals surface area contributed by atoms with Crippen LogP contribution >= 0.6 is 11.8 Å². The Balaban J connectivity index is 1.70. The Labute approximate surface area is 129 Å². The highest BCUT2D eigenvalue weighted by atomic mass is 32.2. The van der Waals surface area contributed by atoms with Gasteiger partial charge in [-0.3, -0.25) is 4.90 Å². The Kier molecular flexibility index (Phi) is 4.25. The summed E-state index contributed by atoms with van der Waals surface area (Å²) in [5.74, 6) is 0.464. The summed E-state index contributed by atoms with van der Waals surface area (Å²) in [5, 5.41) is 3.66. The molecule has 7 nitrogen and oxygen atoms in total. The number of nitrogens with zero attached hydrogens (tertiary/aromatic N) is 3. The predicted molar refractivity (Wildman–Crippen MR) is 76.9 cm³/mol. The first-order valence-corrected chi connectivity index (χ1v) is 7.51. The van der Waals surface area contributed by atoms with Crippen LogP contribution in [-0.4, -0.2) is 35.4 Å². The second-order valence-electron chi connectivity index (χ2n) is 4.60. The number of aromatic nitrogens is 2. The Hall–Kier alpha value is -2.13. The summed E-state index contributed by atoms with van der Waals surface area (Å²) in [6, 6.07) is 4.58. The molecule has 3 rings (SSSR count). The van der Waals surface area contributed by atoms with E-state index in [1.54, 1.807) is 12.1 Å². The number of cyclic esters (lactones) is 1. The number of hydrogen-bond donors (Lipinski definition) is 1. The number of nitrogens with two attached hydrogens (primary N) is 1. The van der Waals surface area contributed by atoms with Gasteiger partial charge in [0.05, 0.1) is 18.0 Å². The van der Waals surface area contributed by atoms with Crippen molar-refractivity contribution in [3.63, 3.8) is 0 Å². The van der Waals surface area contributed by atoms with Crippen molar-refractivity contribution >= 4 is 23.5 Å². The molecule has 0 bridgehead atoms. The van der Waals surface area contributed by atoms with Crippen molar-refractivity contribution in [1.29, 1.82) is 0 Å². The van der Waals surface area contributed by atoms with Gasteiger partial charge in [-0.2, -0.15) is 4.98 Å².